The number of nitrogens with one attached hydrogen (secondary N) is 2. The van der Waals surface area contributed by atoms with Gasteiger partial charge in [0.05, 0.1) is 30.3 Å². The van der Waals surface area contributed by atoms with E-state index in [9.17, 15) is 0 Å². The van der Waals surface area contributed by atoms with Crippen molar-refractivity contribution in [1.29, 1.82) is 0 Å². The van der Waals surface area contributed by atoms with E-state index >= 15 is 0 Å². The van der Waals surface area contributed by atoms with Crippen molar-refractivity contribution in [3.63, 3.8) is 0 Å². The number of hydrogen-bond acceptors (Lipinski definition) is 4. The molecule has 2 unspecified atom stereocenters. The first-order valence-electron chi connectivity index (χ1n) is 7.34. The summed E-state index contributed by atoms with van der Waals surface area (Å²) < 4.78 is 11.4. The molecule has 0 bridgehead atoms. The summed E-state index contributed by atoms with van der Waals surface area (Å²) in [6.07, 6.45) is 2.12. The molecular weight excluding hydrogens is 254 g/mol. The normalized spacial score (nSPS) is 25.9. The molecule has 0 spiro atoms. The van der Waals surface area contributed by atoms with Crippen LogP contribution in [0.15, 0.2) is 12.1 Å². The second-order valence-corrected chi connectivity index (χ2v) is 5.69. The summed E-state index contributed by atoms with van der Waals surface area (Å²) in [5, 5.41) is 3.51. The highest BCUT2D eigenvalue weighted by Gasteiger charge is 2.27. The number of fused-ring (bicyclic) bond motifs is 2. The van der Waals surface area contributed by atoms with E-state index in [-0.39, 0.29) is 0 Å². The summed E-state index contributed by atoms with van der Waals surface area (Å²) in [6.45, 7) is 4.74. The van der Waals surface area contributed by atoms with Gasteiger partial charge < -0.3 is 19.8 Å². The van der Waals surface area contributed by atoms with Crippen molar-refractivity contribution in [2.45, 2.75) is 25.8 Å². The van der Waals surface area contributed by atoms with E-state index in [0.717, 1.165) is 41.3 Å². The van der Waals surface area contributed by atoms with Crippen LogP contribution in [0.2, 0.25) is 0 Å². The topological polar surface area (TPSA) is 59.2 Å². The number of ether oxygens (including phenoxy) is 2. The van der Waals surface area contributed by atoms with Crippen LogP contribution >= 0.6 is 0 Å². The smallest absolute Gasteiger partial charge is 0.163 e. The van der Waals surface area contributed by atoms with E-state index in [1.165, 1.54) is 6.42 Å². The molecule has 2 N–H and O–H groups in total. The van der Waals surface area contributed by atoms with Crippen molar-refractivity contribution in [2.24, 2.45) is 5.92 Å². The summed E-state index contributed by atoms with van der Waals surface area (Å²) >= 11 is 0. The zero-order valence-corrected chi connectivity index (χ0v) is 11.6. The third-order valence-electron chi connectivity index (χ3n) is 4.20. The lowest BCUT2D eigenvalue weighted by atomic mass is 10.0. The maximum atomic E-state index is 5.72. The average molecular weight is 273 g/mol. The molecule has 2 atom stereocenters. The molecule has 2 aliphatic rings. The predicted octanol–water partition coefficient (Wildman–Crippen LogP) is 2.39. The Morgan fingerprint density at radius 1 is 1.20 bits per heavy atom. The molecule has 5 heteroatoms. The van der Waals surface area contributed by atoms with Crippen LogP contribution in [-0.2, 0) is 0 Å². The van der Waals surface area contributed by atoms with Crippen molar-refractivity contribution >= 4 is 11.0 Å². The molecule has 106 valence electrons. The van der Waals surface area contributed by atoms with Gasteiger partial charge in [-0.25, -0.2) is 4.98 Å². The van der Waals surface area contributed by atoms with Crippen molar-refractivity contribution in [3.05, 3.63) is 18.0 Å². The molecule has 1 aromatic carbocycles. The largest absolute Gasteiger partial charge is 0.489 e. The highest BCUT2D eigenvalue weighted by atomic mass is 16.5. The molecule has 0 aliphatic carbocycles. The second-order valence-electron chi connectivity index (χ2n) is 5.69. The van der Waals surface area contributed by atoms with Gasteiger partial charge in [0.25, 0.3) is 0 Å². The van der Waals surface area contributed by atoms with Crippen LogP contribution in [0.25, 0.3) is 11.0 Å². The van der Waals surface area contributed by atoms with Crippen LogP contribution in [0.5, 0.6) is 11.5 Å². The van der Waals surface area contributed by atoms with Crippen LogP contribution in [0.4, 0.5) is 0 Å². The molecule has 1 saturated heterocycles. The first-order chi connectivity index (χ1) is 9.81. The Kier molecular flexibility index (Phi) is 2.80. The van der Waals surface area contributed by atoms with Crippen molar-refractivity contribution in [1.82, 2.24) is 15.3 Å². The van der Waals surface area contributed by atoms with Crippen molar-refractivity contribution in [2.75, 3.05) is 19.8 Å². The SMILES string of the molecule is CC1CCNC1c1nc2cc3c(cc2[nH]1)OCCCO3. The minimum atomic E-state index is 0.323. The minimum absolute atomic E-state index is 0.323. The van der Waals surface area contributed by atoms with Gasteiger partial charge >= 0.3 is 0 Å². The number of H-pyrrole nitrogens is 1. The molecule has 0 radical (unpaired) electrons. The lowest BCUT2D eigenvalue weighted by molar-refractivity contribution is 0.297. The van der Waals surface area contributed by atoms with Crippen LogP contribution < -0.4 is 14.8 Å². The average Bonchev–Trinajstić information content (AvgIpc) is 2.96. The Hall–Kier alpha value is -1.75. The second kappa shape index (κ2) is 4.66. The fourth-order valence-corrected chi connectivity index (χ4v) is 3.03. The predicted molar refractivity (Wildman–Crippen MR) is 76.2 cm³/mol. The molecule has 0 saturated carbocycles. The van der Waals surface area contributed by atoms with Gasteiger partial charge in [0, 0.05) is 18.6 Å². The highest BCUT2D eigenvalue weighted by Crippen LogP contribution is 2.35. The Morgan fingerprint density at radius 3 is 2.75 bits per heavy atom. The van der Waals surface area contributed by atoms with Crippen molar-refractivity contribution < 1.29 is 9.47 Å². The van der Waals surface area contributed by atoms with Crippen LogP contribution in [0, 0.1) is 5.92 Å². The highest BCUT2D eigenvalue weighted by molar-refractivity contribution is 5.80. The Morgan fingerprint density at radius 2 is 2.00 bits per heavy atom. The van der Waals surface area contributed by atoms with E-state index in [2.05, 4.69) is 17.2 Å². The molecule has 0 amide bonds. The molecule has 5 nitrogen and oxygen atoms in total. The first kappa shape index (κ1) is 12.0. The molecule has 3 heterocycles. The lowest BCUT2D eigenvalue weighted by Crippen LogP contribution is -2.17. The molecule has 2 aliphatic heterocycles. The van der Waals surface area contributed by atoms with Crippen molar-refractivity contribution in [3.8, 4) is 11.5 Å². The van der Waals surface area contributed by atoms with Crippen LogP contribution in [-0.4, -0.2) is 29.7 Å². The molecule has 1 aromatic heterocycles. The number of aromatic nitrogens is 2. The van der Waals surface area contributed by atoms with Gasteiger partial charge in [0.1, 0.15) is 5.82 Å². The Labute approximate surface area is 117 Å². The molecule has 1 fully saturated rings. The number of hydrogen-bond donors (Lipinski definition) is 2. The lowest BCUT2D eigenvalue weighted by Gasteiger charge is -2.11. The van der Waals surface area contributed by atoms with Crippen LogP contribution in [0.3, 0.4) is 0 Å². The molecular formula is C15H19N3O2. The van der Waals surface area contributed by atoms with Crippen LogP contribution in [0.1, 0.15) is 31.6 Å². The Balaban J connectivity index is 1.76. The summed E-state index contributed by atoms with van der Waals surface area (Å²) in [6, 6.07) is 4.31. The zero-order valence-electron chi connectivity index (χ0n) is 11.6. The van der Waals surface area contributed by atoms with Gasteiger partial charge in [0.15, 0.2) is 11.5 Å². The summed E-state index contributed by atoms with van der Waals surface area (Å²) in [7, 11) is 0. The fraction of sp³-hybridized carbons (Fsp3) is 0.533. The van der Waals surface area contributed by atoms with Gasteiger partial charge in [-0.15, -0.1) is 0 Å². The summed E-state index contributed by atoms with van der Waals surface area (Å²) in [5.74, 6) is 3.25. The standard InChI is InChI=1S/C15H19N3O2/c1-9-3-4-16-14(9)15-17-10-7-12-13(8-11(10)18-15)20-6-2-5-19-12/h7-9,14,16H,2-6H2,1H3,(H,17,18). The van der Waals surface area contributed by atoms with Gasteiger partial charge in [-0.2, -0.15) is 0 Å². The molecule has 2 aromatic rings. The number of aromatic amines is 1. The Bertz CT molecular complexity index is 594. The third kappa shape index (κ3) is 1.93. The third-order valence-corrected chi connectivity index (χ3v) is 4.20. The minimum Gasteiger partial charge on any atom is -0.489 e. The summed E-state index contributed by atoms with van der Waals surface area (Å²) in [4.78, 5) is 8.16. The van der Waals surface area contributed by atoms with Gasteiger partial charge in [-0.1, -0.05) is 6.92 Å². The maximum absolute atomic E-state index is 5.72. The number of imidazole rings is 1. The van der Waals surface area contributed by atoms with E-state index in [1.54, 1.807) is 0 Å². The number of nitrogens with zero attached hydrogens (tertiary/aromatic N) is 1. The zero-order chi connectivity index (χ0) is 13.5. The quantitative estimate of drug-likeness (QED) is 0.837. The van der Waals surface area contributed by atoms with E-state index < -0.39 is 0 Å². The number of benzene rings is 1. The molecule has 20 heavy (non-hydrogen) atoms. The fourth-order valence-electron chi connectivity index (χ4n) is 3.03. The van der Waals surface area contributed by atoms with Gasteiger partial charge in [-0.05, 0) is 18.9 Å². The number of rotatable bonds is 1. The van der Waals surface area contributed by atoms with Gasteiger partial charge in [0.2, 0.25) is 0 Å². The van der Waals surface area contributed by atoms with E-state index in [1.807, 2.05) is 12.1 Å². The van der Waals surface area contributed by atoms with E-state index in [4.69, 9.17) is 14.5 Å². The monoisotopic (exact) mass is 273 g/mol. The van der Waals surface area contributed by atoms with E-state index in [0.29, 0.717) is 25.2 Å². The van der Waals surface area contributed by atoms with Gasteiger partial charge in [-0.3, -0.25) is 0 Å². The first-order valence-corrected chi connectivity index (χ1v) is 7.34. The summed E-state index contributed by atoms with van der Waals surface area (Å²) in [5.41, 5.74) is 1.97. The maximum Gasteiger partial charge on any atom is 0.163 e. The molecule has 4 rings (SSSR count).